The van der Waals surface area contributed by atoms with E-state index in [1.54, 1.807) is 0 Å². The summed E-state index contributed by atoms with van der Waals surface area (Å²) in [6.45, 7) is 3.83. The standard InChI is InChI=1S/C10H19N3O/c1-3-9(6-7-11)13-10(14)5-4-8(2)12/h8-9H,3-6,12H2,1-2H3,(H,13,14). The molecule has 4 heteroatoms. The van der Waals surface area contributed by atoms with Gasteiger partial charge in [0.05, 0.1) is 12.5 Å². The first-order chi connectivity index (χ1) is 6.60. The third kappa shape index (κ3) is 6.44. The van der Waals surface area contributed by atoms with E-state index in [1.165, 1.54) is 0 Å². The Morgan fingerprint density at radius 1 is 1.64 bits per heavy atom. The number of rotatable bonds is 6. The van der Waals surface area contributed by atoms with E-state index >= 15 is 0 Å². The lowest BCUT2D eigenvalue weighted by molar-refractivity contribution is -0.121. The second kappa shape index (κ2) is 7.34. The summed E-state index contributed by atoms with van der Waals surface area (Å²) in [5.74, 6) is -0.00981. The van der Waals surface area contributed by atoms with Gasteiger partial charge in [-0.3, -0.25) is 4.79 Å². The van der Waals surface area contributed by atoms with Gasteiger partial charge in [0, 0.05) is 18.5 Å². The normalized spacial score (nSPS) is 14.1. The fourth-order valence-electron chi connectivity index (χ4n) is 1.07. The number of nitrogens with zero attached hydrogens (tertiary/aromatic N) is 1. The van der Waals surface area contributed by atoms with Crippen LogP contribution in [-0.2, 0) is 4.79 Å². The van der Waals surface area contributed by atoms with Crippen molar-refractivity contribution in [3.05, 3.63) is 0 Å². The van der Waals surface area contributed by atoms with Gasteiger partial charge in [0.25, 0.3) is 0 Å². The quantitative estimate of drug-likeness (QED) is 0.664. The van der Waals surface area contributed by atoms with Crippen LogP contribution < -0.4 is 11.1 Å². The Morgan fingerprint density at radius 3 is 2.71 bits per heavy atom. The lowest BCUT2D eigenvalue weighted by Gasteiger charge is -2.13. The highest BCUT2D eigenvalue weighted by atomic mass is 16.1. The zero-order chi connectivity index (χ0) is 11.0. The van der Waals surface area contributed by atoms with E-state index in [0.29, 0.717) is 19.3 Å². The van der Waals surface area contributed by atoms with E-state index in [0.717, 1.165) is 6.42 Å². The second-order valence-corrected chi connectivity index (χ2v) is 3.55. The van der Waals surface area contributed by atoms with Crippen molar-refractivity contribution in [1.29, 1.82) is 5.26 Å². The molecule has 0 aromatic heterocycles. The molecule has 80 valence electrons. The number of nitrogens with one attached hydrogen (secondary N) is 1. The predicted molar refractivity (Wildman–Crippen MR) is 55.3 cm³/mol. The van der Waals surface area contributed by atoms with Crippen LogP contribution in [0.2, 0.25) is 0 Å². The molecule has 0 aromatic carbocycles. The van der Waals surface area contributed by atoms with Gasteiger partial charge in [0.2, 0.25) is 5.91 Å². The van der Waals surface area contributed by atoms with Gasteiger partial charge in [0.15, 0.2) is 0 Å². The van der Waals surface area contributed by atoms with Gasteiger partial charge in [-0.05, 0) is 19.8 Å². The third-order valence-corrected chi connectivity index (χ3v) is 2.02. The first-order valence-electron chi connectivity index (χ1n) is 5.02. The van der Waals surface area contributed by atoms with Crippen LogP contribution in [0.15, 0.2) is 0 Å². The first-order valence-corrected chi connectivity index (χ1v) is 5.02. The van der Waals surface area contributed by atoms with Crippen LogP contribution in [0.5, 0.6) is 0 Å². The molecule has 0 heterocycles. The molecule has 0 aromatic rings. The molecule has 0 saturated heterocycles. The zero-order valence-corrected chi connectivity index (χ0v) is 8.92. The molecule has 2 unspecified atom stereocenters. The van der Waals surface area contributed by atoms with Crippen LogP contribution in [0, 0.1) is 11.3 Å². The van der Waals surface area contributed by atoms with E-state index in [-0.39, 0.29) is 18.0 Å². The molecule has 14 heavy (non-hydrogen) atoms. The maximum atomic E-state index is 11.3. The lowest BCUT2D eigenvalue weighted by atomic mass is 10.1. The third-order valence-electron chi connectivity index (χ3n) is 2.02. The molecule has 0 saturated carbocycles. The van der Waals surface area contributed by atoms with Gasteiger partial charge < -0.3 is 11.1 Å². The van der Waals surface area contributed by atoms with Crippen LogP contribution in [0.3, 0.4) is 0 Å². The molecule has 0 aliphatic rings. The van der Waals surface area contributed by atoms with Gasteiger partial charge in [-0.2, -0.15) is 5.26 Å². The summed E-state index contributed by atoms with van der Waals surface area (Å²) in [6.07, 6.45) is 2.30. The number of carbonyl (C=O) groups is 1. The van der Waals surface area contributed by atoms with Crippen LogP contribution >= 0.6 is 0 Å². The van der Waals surface area contributed by atoms with E-state index < -0.39 is 0 Å². The van der Waals surface area contributed by atoms with Crippen molar-refractivity contribution >= 4 is 5.91 Å². The van der Waals surface area contributed by atoms with Crippen LogP contribution in [-0.4, -0.2) is 18.0 Å². The van der Waals surface area contributed by atoms with Crippen molar-refractivity contribution in [1.82, 2.24) is 5.32 Å². The fraction of sp³-hybridized carbons (Fsp3) is 0.800. The van der Waals surface area contributed by atoms with Crippen molar-refractivity contribution in [3.63, 3.8) is 0 Å². The van der Waals surface area contributed by atoms with Crippen molar-refractivity contribution in [2.75, 3.05) is 0 Å². The summed E-state index contributed by atoms with van der Waals surface area (Å²) < 4.78 is 0. The minimum Gasteiger partial charge on any atom is -0.352 e. The molecule has 0 fully saturated rings. The molecule has 0 aliphatic carbocycles. The average molecular weight is 197 g/mol. The number of carbonyl (C=O) groups excluding carboxylic acids is 1. The Morgan fingerprint density at radius 2 is 2.29 bits per heavy atom. The highest BCUT2D eigenvalue weighted by Crippen LogP contribution is 1.99. The summed E-state index contributed by atoms with van der Waals surface area (Å²) in [7, 11) is 0. The Balaban J connectivity index is 3.74. The molecule has 1 amide bonds. The number of amides is 1. The van der Waals surface area contributed by atoms with Crippen LogP contribution in [0.25, 0.3) is 0 Å². The summed E-state index contributed by atoms with van der Waals surface area (Å²) >= 11 is 0. The molecule has 0 spiro atoms. The largest absolute Gasteiger partial charge is 0.352 e. The number of nitrogens with two attached hydrogens (primary N) is 1. The second-order valence-electron chi connectivity index (χ2n) is 3.55. The highest BCUT2D eigenvalue weighted by molar-refractivity contribution is 5.76. The monoisotopic (exact) mass is 197 g/mol. The van der Waals surface area contributed by atoms with Gasteiger partial charge in [0.1, 0.15) is 0 Å². The number of nitriles is 1. The minimum absolute atomic E-state index is 0.00981. The lowest BCUT2D eigenvalue weighted by Crippen LogP contribution is -2.34. The van der Waals surface area contributed by atoms with Gasteiger partial charge in [-0.1, -0.05) is 6.92 Å². The van der Waals surface area contributed by atoms with Crippen molar-refractivity contribution in [3.8, 4) is 6.07 Å². The first kappa shape index (κ1) is 12.9. The molecular formula is C10H19N3O. The molecule has 0 aliphatic heterocycles. The molecule has 0 radical (unpaired) electrons. The SMILES string of the molecule is CCC(CC#N)NC(=O)CCC(C)N. The summed E-state index contributed by atoms with van der Waals surface area (Å²) in [5, 5.41) is 11.3. The Labute approximate surface area is 85.5 Å². The topological polar surface area (TPSA) is 78.9 Å². The van der Waals surface area contributed by atoms with E-state index in [1.807, 2.05) is 19.9 Å². The van der Waals surface area contributed by atoms with Crippen molar-refractivity contribution in [2.45, 2.75) is 51.6 Å². The van der Waals surface area contributed by atoms with Crippen molar-refractivity contribution in [2.24, 2.45) is 5.73 Å². The van der Waals surface area contributed by atoms with Crippen molar-refractivity contribution < 1.29 is 4.79 Å². The fourth-order valence-corrected chi connectivity index (χ4v) is 1.07. The van der Waals surface area contributed by atoms with Gasteiger partial charge in [-0.15, -0.1) is 0 Å². The van der Waals surface area contributed by atoms with Crippen LogP contribution in [0.1, 0.15) is 39.5 Å². The van der Waals surface area contributed by atoms with E-state index in [9.17, 15) is 4.79 Å². The van der Waals surface area contributed by atoms with Crippen LogP contribution in [0.4, 0.5) is 0 Å². The Hall–Kier alpha value is -1.08. The smallest absolute Gasteiger partial charge is 0.220 e. The minimum atomic E-state index is -0.0134. The summed E-state index contributed by atoms with van der Waals surface area (Å²) in [5.41, 5.74) is 5.53. The van der Waals surface area contributed by atoms with E-state index in [2.05, 4.69) is 5.32 Å². The number of hydrogen-bond acceptors (Lipinski definition) is 3. The Bertz CT molecular complexity index is 208. The Kier molecular flexibility index (Phi) is 6.77. The predicted octanol–water partition coefficient (Wildman–Crippen LogP) is 0.922. The molecule has 2 atom stereocenters. The average Bonchev–Trinajstić information content (AvgIpc) is 2.14. The molecule has 0 rings (SSSR count). The maximum Gasteiger partial charge on any atom is 0.220 e. The van der Waals surface area contributed by atoms with Gasteiger partial charge in [-0.25, -0.2) is 0 Å². The summed E-state index contributed by atoms with van der Waals surface area (Å²) in [4.78, 5) is 11.3. The molecule has 3 N–H and O–H groups in total. The summed E-state index contributed by atoms with van der Waals surface area (Å²) in [6, 6.07) is 2.09. The van der Waals surface area contributed by atoms with E-state index in [4.69, 9.17) is 11.0 Å². The van der Waals surface area contributed by atoms with Gasteiger partial charge >= 0.3 is 0 Å². The molecule has 0 bridgehead atoms. The maximum absolute atomic E-state index is 11.3. The number of hydrogen-bond donors (Lipinski definition) is 2. The molecule has 4 nitrogen and oxygen atoms in total. The highest BCUT2D eigenvalue weighted by Gasteiger charge is 2.09. The molecular weight excluding hydrogens is 178 g/mol. The zero-order valence-electron chi connectivity index (χ0n) is 8.92.